The van der Waals surface area contributed by atoms with Crippen molar-refractivity contribution in [2.45, 2.75) is 32.7 Å². The van der Waals surface area contributed by atoms with Gasteiger partial charge in [0.05, 0.1) is 16.6 Å². The summed E-state index contributed by atoms with van der Waals surface area (Å²) in [6.07, 6.45) is 1.91. The first-order chi connectivity index (χ1) is 6.70. The Bertz CT molecular complexity index is 293. The van der Waals surface area contributed by atoms with Crippen LogP contribution < -0.4 is 5.32 Å². The second-order valence-corrected chi connectivity index (χ2v) is 4.23. The van der Waals surface area contributed by atoms with Gasteiger partial charge in [-0.3, -0.25) is 0 Å². The van der Waals surface area contributed by atoms with Gasteiger partial charge in [-0.25, -0.2) is 0 Å². The molecule has 1 aromatic rings. The Kier molecular flexibility index (Phi) is 4.22. The van der Waals surface area contributed by atoms with E-state index in [1.807, 2.05) is 6.08 Å². The van der Waals surface area contributed by atoms with Crippen molar-refractivity contribution in [1.29, 1.82) is 0 Å². The lowest BCUT2D eigenvalue weighted by Crippen LogP contribution is -2.19. The quantitative estimate of drug-likeness (QED) is 0.760. The molecule has 0 aliphatic heterocycles. The van der Waals surface area contributed by atoms with Crippen molar-refractivity contribution >= 4 is 11.5 Å². The maximum atomic E-state index is 4.15. The minimum atomic E-state index is 0.192. The van der Waals surface area contributed by atoms with Crippen molar-refractivity contribution in [2.24, 2.45) is 0 Å². The van der Waals surface area contributed by atoms with Gasteiger partial charge in [-0.05, 0) is 24.0 Å². The summed E-state index contributed by atoms with van der Waals surface area (Å²) in [6.45, 7) is 11.1. The Morgan fingerprint density at radius 3 is 2.79 bits per heavy atom. The standard InChI is InChI=1S/C10H17N3S/c1-5-8(11-6-2)10-9(7(3)4)12-13-14-10/h5,7-8,11H,1,6H2,2-4H3. The molecule has 0 aliphatic carbocycles. The number of hydrogen-bond acceptors (Lipinski definition) is 4. The van der Waals surface area contributed by atoms with Crippen LogP contribution in [-0.2, 0) is 0 Å². The average Bonchev–Trinajstić information content (AvgIpc) is 2.62. The first-order valence-electron chi connectivity index (χ1n) is 4.88. The SMILES string of the molecule is C=CC(NCC)c1snnc1C(C)C. The molecule has 14 heavy (non-hydrogen) atoms. The molecule has 1 heterocycles. The Balaban J connectivity index is 2.91. The number of rotatable bonds is 5. The first-order valence-corrected chi connectivity index (χ1v) is 5.66. The summed E-state index contributed by atoms with van der Waals surface area (Å²) >= 11 is 1.46. The zero-order valence-corrected chi connectivity index (χ0v) is 9.77. The van der Waals surface area contributed by atoms with E-state index in [4.69, 9.17) is 0 Å². The van der Waals surface area contributed by atoms with Gasteiger partial charge in [-0.1, -0.05) is 31.3 Å². The molecule has 0 amide bonds. The van der Waals surface area contributed by atoms with Gasteiger partial charge in [0.25, 0.3) is 0 Å². The molecule has 0 saturated heterocycles. The van der Waals surface area contributed by atoms with Crippen LogP contribution in [0.4, 0.5) is 0 Å². The van der Waals surface area contributed by atoms with E-state index in [-0.39, 0.29) is 6.04 Å². The van der Waals surface area contributed by atoms with Crippen molar-refractivity contribution in [3.8, 4) is 0 Å². The molecule has 0 bridgehead atoms. The minimum absolute atomic E-state index is 0.192. The van der Waals surface area contributed by atoms with Crippen LogP contribution in [0.2, 0.25) is 0 Å². The molecule has 0 aliphatic rings. The Morgan fingerprint density at radius 1 is 1.57 bits per heavy atom. The molecule has 1 atom stereocenters. The van der Waals surface area contributed by atoms with Gasteiger partial charge < -0.3 is 5.32 Å². The highest BCUT2D eigenvalue weighted by Crippen LogP contribution is 2.26. The van der Waals surface area contributed by atoms with E-state index in [0.29, 0.717) is 5.92 Å². The smallest absolute Gasteiger partial charge is 0.0832 e. The van der Waals surface area contributed by atoms with Crippen molar-refractivity contribution in [3.05, 3.63) is 23.2 Å². The molecule has 0 fully saturated rings. The van der Waals surface area contributed by atoms with Gasteiger partial charge in [0.2, 0.25) is 0 Å². The summed E-state index contributed by atoms with van der Waals surface area (Å²) in [5, 5.41) is 7.49. The topological polar surface area (TPSA) is 37.8 Å². The second-order valence-electron chi connectivity index (χ2n) is 3.45. The van der Waals surface area contributed by atoms with Gasteiger partial charge >= 0.3 is 0 Å². The zero-order valence-electron chi connectivity index (χ0n) is 8.95. The highest BCUT2D eigenvalue weighted by atomic mass is 32.1. The molecule has 0 spiro atoms. The summed E-state index contributed by atoms with van der Waals surface area (Å²) in [5.74, 6) is 0.421. The van der Waals surface area contributed by atoms with Crippen LogP contribution in [0.5, 0.6) is 0 Å². The van der Waals surface area contributed by atoms with E-state index in [1.165, 1.54) is 16.4 Å². The molecule has 3 nitrogen and oxygen atoms in total. The molecule has 4 heteroatoms. The van der Waals surface area contributed by atoms with Gasteiger partial charge in [0, 0.05) is 0 Å². The minimum Gasteiger partial charge on any atom is -0.306 e. The normalized spacial score (nSPS) is 13.1. The Morgan fingerprint density at radius 2 is 2.29 bits per heavy atom. The van der Waals surface area contributed by atoms with Gasteiger partial charge in [0.1, 0.15) is 0 Å². The summed E-state index contributed by atoms with van der Waals surface area (Å²) in [7, 11) is 0. The third-order valence-electron chi connectivity index (χ3n) is 2.03. The van der Waals surface area contributed by atoms with Crippen LogP contribution in [0.15, 0.2) is 12.7 Å². The Hall–Kier alpha value is -0.740. The first kappa shape index (κ1) is 11.3. The predicted octanol–water partition coefficient (Wildman–Crippen LogP) is 2.50. The number of hydrogen-bond donors (Lipinski definition) is 1. The van der Waals surface area contributed by atoms with Crippen LogP contribution in [0.3, 0.4) is 0 Å². The summed E-state index contributed by atoms with van der Waals surface area (Å²) in [4.78, 5) is 1.19. The van der Waals surface area contributed by atoms with Crippen LogP contribution in [0.1, 0.15) is 43.3 Å². The fourth-order valence-electron chi connectivity index (χ4n) is 1.32. The highest BCUT2D eigenvalue weighted by molar-refractivity contribution is 7.05. The molecule has 0 aromatic carbocycles. The van der Waals surface area contributed by atoms with E-state index in [9.17, 15) is 0 Å². The van der Waals surface area contributed by atoms with E-state index in [1.54, 1.807) is 0 Å². The van der Waals surface area contributed by atoms with Gasteiger partial charge in [-0.15, -0.1) is 11.7 Å². The van der Waals surface area contributed by atoms with Crippen molar-refractivity contribution < 1.29 is 0 Å². The third-order valence-corrected chi connectivity index (χ3v) is 2.85. The molecule has 1 N–H and O–H groups in total. The van der Waals surface area contributed by atoms with Crippen molar-refractivity contribution in [1.82, 2.24) is 14.9 Å². The highest BCUT2D eigenvalue weighted by Gasteiger charge is 2.17. The lowest BCUT2D eigenvalue weighted by atomic mass is 10.1. The van der Waals surface area contributed by atoms with Crippen LogP contribution in [-0.4, -0.2) is 16.1 Å². The molecule has 1 unspecified atom stereocenters. The van der Waals surface area contributed by atoms with Gasteiger partial charge in [0.15, 0.2) is 0 Å². The van der Waals surface area contributed by atoms with Crippen molar-refractivity contribution in [3.63, 3.8) is 0 Å². The van der Waals surface area contributed by atoms with Crippen LogP contribution in [0.25, 0.3) is 0 Å². The lowest BCUT2D eigenvalue weighted by molar-refractivity contribution is 0.643. The molecule has 1 rings (SSSR count). The summed E-state index contributed by atoms with van der Waals surface area (Å²) in [6, 6.07) is 0.192. The second kappa shape index (κ2) is 5.22. The number of nitrogens with zero attached hydrogens (tertiary/aromatic N) is 2. The molecule has 0 saturated carbocycles. The molecular formula is C10H17N3S. The third kappa shape index (κ3) is 2.39. The fraction of sp³-hybridized carbons (Fsp3) is 0.600. The zero-order chi connectivity index (χ0) is 10.6. The molecule has 1 aromatic heterocycles. The summed E-state index contributed by atoms with van der Waals surface area (Å²) in [5.41, 5.74) is 1.08. The van der Waals surface area contributed by atoms with Crippen molar-refractivity contribution in [2.75, 3.05) is 6.54 Å². The number of aromatic nitrogens is 2. The predicted molar refractivity (Wildman–Crippen MR) is 60.6 cm³/mol. The van der Waals surface area contributed by atoms with E-state index >= 15 is 0 Å². The van der Waals surface area contributed by atoms with E-state index in [0.717, 1.165) is 12.2 Å². The van der Waals surface area contributed by atoms with E-state index < -0.39 is 0 Å². The van der Waals surface area contributed by atoms with Gasteiger partial charge in [-0.2, -0.15) is 0 Å². The van der Waals surface area contributed by atoms with E-state index in [2.05, 4.69) is 42.3 Å². The molecular weight excluding hydrogens is 194 g/mol. The maximum Gasteiger partial charge on any atom is 0.0832 e. The van der Waals surface area contributed by atoms with Crippen LogP contribution >= 0.6 is 11.5 Å². The molecule has 78 valence electrons. The molecule has 0 radical (unpaired) electrons. The number of likely N-dealkylation sites (N-methyl/N-ethyl adjacent to an activating group) is 1. The summed E-state index contributed by atoms with van der Waals surface area (Å²) < 4.78 is 4.00. The van der Waals surface area contributed by atoms with Crippen LogP contribution in [0, 0.1) is 0 Å². The average molecular weight is 211 g/mol. The maximum absolute atomic E-state index is 4.15. The number of nitrogens with one attached hydrogen (secondary N) is 1. The lowest BCUT2D eigenvalue weighted by Gasteiger charge is -2.13. The fourth-order valence-corrected chi connectivity index (χ4v) is 2.20. The largest absolute Gasteiger partial charge is 0.306 e. The monoisotopic (exact) mass is 211 g/mol. The Labute approximate surface area is 89.4 Å².